The Hall–Kier alpha value is -2.78. The van der Waals surface area contributed by atoms with Crippen LogP contribution in [-0.2, 0) is 17.8 Å². The van der Waals surface area contributed by atoms with E-state index >= 15 is 0 Å². The van der Waals surface area contributed by atoms with Crippen molar-refractivity contribution in [3.63, 3.8) is 0 Å². The van der Waals surface area contributed by atoms with E-state index in [0.717, 1.165) is 18.4 Å². The second-order valence-electron chi connectivity index (χ2n) is 7.98. The van der Waals surface area contributed by atoms with Gasteiger partial charge in [-0.1, -0.05) is 41.7 Å². The van der Waals surface area contributed by atoms with E-state index in [2.05, 4.69) is 15.3 Å². The van der Waals surface area contributed by atoms with Gasteiger partial charge in [0.05, 0.1) is 6.61 Å². The van der Waals surface area contributed by atoms with Gasteiger partial charge in [0.15, 0.2) is 15.5 Å². The summed E-state index contributed by atoms with van der Waals surface area (Å²) < 4.78 is 1.59. The molecule has 3 aromatic rings. The van der Waals surface area contributed by atoms with Gasteiger partial charge in [0.25, 0.3) is 5.56 Å². The third-order valence-electron chi connectivity index (χ3n) is 5.49. The van der Waals surface area contributed by atoms with Crippen LogP contribution in [0.1, 0.15) is 44.1 Å². The molecule has 3 heterocycles. The van der Waals surface area contributed by atoms with Crippen molar-refractivity contribution in [2.45, 2.75) is 51.7 Å². The van der Waals surface area contributed by atoms with Crippen molar-refractivity contribution in [2.24, 2.45) is 0 Å². The van der Waals surface area contributed by atoms with Gasteiger partial charge < -0.3 is 15.3 Å². The van der Waals surface area contributed by atoms with Gasteiger partial charge in [-0.3, -0.25) is 14.2 Å². The fourth-order valence-electron chi connectivity index (χ4n) is 4.02. The quantitative estimate of drug-likeness (QED) is 0.583. The Kier molecular flexibility index (Phi) is 6.33. The van der Waals surface area contributed by atoms with E-state index in [9.17, 15) is 14.7 Å². The first-order chi connectivity index (χ1) is 15.0. The molecule has 0 saturated carbocycles. The van der Waals surface area contributed by atoms with Crippen LogP contribution in [0.2, 0.25) is 0 Å². The van der Waals surface area contributed by atoms with Crippen LogP contribution in [0.15, 0.2) is 35.1 Å². The molecule has 0 radical (unpaired) electrons. The highest BCUT2D eigenvalue weighted by molar-refractivity contribution is 7.21. The maximum absolute atomic E-state index is 13.1. The molecule has 8 nitrogen and oxygen atoms in total. The standard InChI is InChI=1S/C22H27N5O3S/c1-14(2)27-17(10-12-28)24-20-18(21(27)30)25-22(31-20)26-11-6-9-16(26)19(29)23-13-15-7-4-3-5-8-15/h3-5,7-8,14,16,28H,6,9-13H2,1-2H3,(H,23,29). The predicted molar refractivity (Wildman–Crippen MR) is 122 cm³/mol. The minimum absolute atomic E-state index is 0.0332. The summed E-state index contributed by atoms with van der Waals surface area (Å²) in [7, 11) is 0. The lowest BCUT2D eigenvalue weighted by atomic mass is 10.2. The number of amides is 1. The summed E-state index contributed by atoms with van der Waals surface area (Å²) >= 11 is 1.33. The van der Waals surface area contributed by atoms with E-state index in [4.69, 9.17) is 0 Å². The lowest BCUT2D eigenvalue weighted by Gasteiger charge is -2.23. The van der Waals surface area contributed by atoms with Crippen molar-refractivity contribution >= 4 is 32.7 Å². The van der Waals surface area contributed by atoms with Crippen LogP contribution in [0.5, 0.6) is 0 Å². The Morgan fingerprint density at radius 2 is 2.06 bits per heavy atom. The van der Waals surface area contributed by atoms with Gasteiger partial charge in [-0.15, -0.1) is 0 Å². The second-order valence-corrected chi connectivity index (χ2v) is 8.93. The number of aliphatic hydroxyl groups is 1. The van der Waals surface area contributed by atoms with E-state index < -0.39 is 0 Å². The summed E-state index contributed by atoms with van der Waals surface area (Å²) in [5.74, 6) is 0.526. The average molecular weight is 442 g/mol. The van der Waals surface area contributed by atoms with Gasteiger partial charge in [0.2, 0.25) is 5.91 Å². The molecule has 1 atom stereocenters. The molecule has 1 fully saturated rings. The fraction of sp³-hybridized carbons (Fsp3) is 0.455. The summed E-state index contributed by atoms with van der Waals surface area (Å²) in [6, 6.07) is 9.42. The Bertz CT molecular complexity index is 1130. The average Bonchev–Trinajstić information content (AvgIpc) is 3.40. The number of benzene rings is 1. The molecule has 2 N–H and O–H groups in total. The molecule has 1 aliphatic rings. The first kappa shape index (κ1) is 21.5. The minimum atomic E-state index is -0.312. The molecule has 31 heavy (non-hydrogen) atoms. The highest BCUT2D eigenvalue weighted by atomic mass is 32.1. The van der Waals surface area contributed by atoms with Crippen molar-refractivity contribution in [3.05, 3.63) is 52.1 Å². The van der Waals surface area contributed by atoms with E-state index in [1.54, 1.807) is 4.57 Å². The second kappa shape index (κ2) is 9.15. The van der Waals surface area contributed by atoms with Gasteiger partial charge >= 0.3 is 0 Å². The molecule has 164 valence electrons. The highest BCUT2D eigenvalue weighted by Crippen LogP contribution is 2.32. The predicted octanol–water partition coefficient (Wildman–Crippen LogP) is 2.25. The number of hydrogen-bond acceptors (Lipinski definition) is 7. The number of nitrogens with zero attached hydrogens (tertiary/aromatic N) is 4. The number of anilines is 1. The van der Waals surface area contributed by atoms with E-state index in [-0.39, 0.29) is 30.2 Å². The van der Waals surface area contributed by atoms with Crippen molar-refractivity contribution in [3.8, 4) is 0 Å². The van der Waals surface area contributed by atoms with Gasteiger partial charge in [0, 0.05) is 25.6 Å². The number of nitrogens with one attached hydrogen (secondary N) is 1. The zero-order valence-corrected chi connectivity index (χ0v) is 18.6. The largest absolute Gasteiger partial charge is 0.396 e. The van der Waals surface area contributed by atoms with Crippen LogP contribution in [-0.4, -0.2) is 44.7 Å². The van der Waals surface area contributed by atoms with E-state index in [1.807, 2.05) is 49.1 Å². The first-order valence-corrected chi connectivity index (χ1v) is 11.4. The van der Waals surface area contributed by atoms with Gasteiger partial charge in [-0.25, -0.2) is 9.97 Å². The molecule has 9 heteroatoms. The van der Waals surface area contributed by atoms with Gasteiger partial charge in [-0.05, 0) is 32.3 Å². The Balaban J connectivity index is 1.60. The number of hydrogen-bond donors (Lipinski definition) is 2. The van der Waals surface area contributed by atoms with Crippen molar-refractivity contribution in [1.29, 1.82) is 0 Å². The monoisotopic (exact) mass is 441 g/mol. The number of carbonyl (C=O) groups excluding carboxylic acids is 1. The van der Waals surface area contributed by atoms with Crippen LogP contribution in [0.3, 0.4) is 0 Å². The maximum Gasteiger partial charge on any atom is 0.281 e. The van der Waals surface area contributed by atoms with Gasteiger partial charge in [-0.2, -0.15) is 0 Å². The molecule has 0 aliphatic carbocycles. The normalized spacial score (nSPS) is 16.4. The topological polar surface area (TPSA) is 100 Å². The van der Waals surface area contributed by atoms with Crippen LogP contribution >= 0.6 is 11.3 Å². The maximum atomic E-state index is 13.1. The Morgan fingerprint density at radius 3 is 2.77 bits per heavy atom. The van der Waals surface area contributed by atoms with E-state index in [0.29, 0.717) is 40.8 Å². The summed E-state index contributed by atoms with van der Waals surface area (Å²) in [6.45, 7) is 4.94. The molecule has 4 rings (SSSR count). The molecular weight excluding hydrogens is 414 g/mol. The number of carbonyl (C=O) groups is 1. The molecule has 1 aromatic carbocycles. The summed E-state index contributed by atoms with van der Waals surface area (Å²) in [6.07, 6.45) is 1.94. The lowest BCUT2D eigenvalue weighted by molar-refractivity contribution is -0.122. The molecule has 0 spiro atoms. The van der Waals surface area contributed by atoms with Crippen molar-refractivity contribution in [2.75, 3.05) is 18.1 Å². The molecule has 0 bridgehead atoms. The van der Waals surface area contributed by atoms with Crippen molar-refractivity contribution < 1.29 is 9.90 Å². The molecule has 1 amide bonds. The minimum Gasteiger partial charge on any atom is -0.396 e. The number of aliphatic hydroxyl groups excluding tert-OH is 1. The zero-order chi connectivity index (χ0) is 22.0. The first-order valence-electron chi connectivity index (χ1n) is 10.6. The van der Waals surface area contributed by atoms with Crippen LogP contribution in [0.25, 0.3) is 10.3 Å². The summed E-state index contributed by atoms with van der Waals surface area (Å²) in [5.41, 5.74) is 1.18. The fourth-order valence-corrected chi connectivity index (χ4v) is 5.05. The lowest BCUT2D eigenvalue weighted by Crippen LogP contribution is -2.43. The Labute approximate surface area is 184 Å². The molecule has 1 unspecified atom stereocenters. The molecular formula is C22H27N5O3S. The number of fused-ring (bicyclic) bond motifs is 1. The molecule has 2 aromatic heterocycles. The van der Waals surface area contributed by atoms with Crippen LogP contribution in [0, 0.1) is 0 Å². The smallest absolute Gasteiger partial charge is 0.281 e. The summed E-state index contributed by atoms with van der Waals surface area (Å²) in [5, 5.41) is 13.0. The third kappa shape index (κ3) is 4.33. The van der Waals surface area contributed by atoms with Crippen molar-refractivity contribution in [1.82, 2.24) is 19.9 Å². The SMILES string of the molecule is CC(C)n1c(CCO)nc2sc(N3CCCC3C(=O)NCc3ccccc3)nc2c1=O. The van der Waals surface area contributed by atoms with Gasteiger partial charge in [0.1, 0.15) is 11.9 Å². The van der Waals surface area contributed by atoms with Crippen LogP contribution < -0.4 is 15.8 Å². The summed E-state index contributed by atoms with van der Waals surface area (Å²) in [4.78, 5) is 37.7. The molecule has 1 saturated heterocycles. The Morgan fingerprint density at radius 1 is 1.29 bits per heavy atom. The number of aromatic nitrogens is 3. The third-order valence-corrected chi connectivity index (χ3v) is 6.48. The zero-order valence-electron chi connectivity index (χ0n) is 17.7. The highest BCUT2D eigenvalue weighted by Gasteiger charge is 2.33. The molecule has 1 aliphatic heterocycles. The number of rotatable bonds is 7. The number of thiazole rings is 1. The van der Waals surface area contributed by atoms with E-state index in [1.165, 1.54) is 11.3 Å². The van der Waals surface area contributed by atoms with Crippen LogP contribution in [0.4, 0.5) is 5.13 Å².